The zero-order valence-corrected chi connectivity index (χ0v) is 15.5. The lowest BCUT2D eigenvalue weighted by molar-refractivity contribution is -0.384. The Bertz CT molecular complexity index is 1030. The van der Waals surface area contributed by atoms with Gasteiger partial charge in [0.2, 0.25) is 5.91 Å². The van der Waals surface area contributed by atoms with Crippen LogP contribution in [0.1, 0.15) is 22.8 Å². The van der Waals surface area contributed by atoms with Crippen LogP contribution in [0.3, 0.4) is 0 Å². The molecular weight excluding hydrogens is 376 g/mol. The van der Waals surface area contributed by atoms with E-state index in [0.717, 1.165) is 11.6 Å². The van der Waals surface area contributed by atoms with E-state index in [2.05, 4.69) is 20.7 Å². The first-order valence-electron chi connectivity index (χ1n) is 8.72. The van der Waals surface area contributed by atoms with Crippen LogP contribution >= 0.6 is 0 Å². The number of carbonyl (C=O) groups is 2. The van der Waals surface area contributed by atoms with Gasteiger partial charge in [0, 0.05) is 48.4 Å². The molecule has 0 saturated heterocycles. The lowest BCUT2D eigenvalue weighted by atomic mass is 10.1. The van der Waals surface area contributed by atoms with Crippen molar-refractivity contribution in [3.05, 3.63) is 82.3 Å². The van der Waals surface area contributed by atoms with Gasteiger partial charge in [-0.2, -0.15) is 5.10 Å². The number of hydrogen-bond acceptors (Lipinski definition) is 6. The minimum absolute atomic E-state index is 0.104. The molecule has 0 aliphatic rings. The number of non-ortho nitro benzene ring substituents is 1. The van der Waals surface area contributed by atoms with Crippen molar-refractivity contribution in [1.29, 1.82) is 0 Å². The zero-order chi connectivity index (χ0) is 20.8. The molecule has 0 radical (unpaired) electrons. The third-order valence-corrected chi connectivity index (χ3v) is 4.10. The van der Waals surface area contributed by atoms with Crippen LogP contribution in [-0.2, 0) is 11.3 Å². The van der Waals surface area contributed by atoms with Crippen LogP contribution in [0.15, 0.2) is 61.1 Å². The van der Waals surface area contributed by atoms with Gasteiger partial charge in [-0.05, 0) is 25.1 Å². The van der Waals surface area contributed by atoms with E-state index in [9.17, 15) is 19.7 Å². The molecule has 2 heterocycles. The molecule has 3 aromatic rings. The third-order valence-electron chi connectivity index (χ3n) is 4.10. The van der Waals surface area contributed by atoms with Crippen LogP contribution in [-0.4, -0.2) is 37.5 Å². The predicted octanol–water partition coefficient (Wildman–Crippen LogP) is 1.61. The normalized spacial score (nSPS) is 11.5. The van der Waals surface area contributed by atoms with E-state index in [-0.39, 0.29) is 17.8 Å². The van der Waals surface area contributed by atoms with E-state index in [4.69, 9.17) is 0 Å². The Kier molecular flexibility index (Phi) is 5.93. The first-order valence-corrected chi connectivity index (χ1v) is 8.72. The molecule has 29 heavy (non-hydrogen) atoms. The molecule has 1 aromatic carbocycles. The Morgan fingerprint density at radius 3 is 2.76 bits per heavy atom. The highest BCUT2D eigenvalue weighted by molar-refractivity contribution is 5.97. The number of amides is 2. The van der Waals surface area contributed by atoms with Crippen LogP contribution in [0.4, 0.5) is 5.69 Å². The van der Waals surface area contributed by atoms with Gasteiger partial charge in [-0.25, -0.2) is 9.67 Å². The molecule has 0 spiro atoms. The van der Waals surface area contributed by atoms with Crippen LogP contribution in [0.2, 0.25) is 0 Å². The van der Waals surface area contributed by atoms with Crippen molar-refractivity contribution in [3.8, 4) is 5.82 Å². The van der Waals surface area contributed by atoms with Crippen LogP contribution < -0.4 is 10.6 Å². The van der Waals surface area contributed by atoms with Crippen molar-refractivity contribution < 1.29 is 14.5 Å². The predicted molar refractivity (Wildman–Crippen MR) is 103 cm³/mol. The average Bonchev–Trinajstić information content (AvgIpc) is 3.26. The summed E-state index contributed by atoms with van der Waals surface area (Å²) in [6.07, 6.45) is 5.00. The molecule has 148 valence electrons. The van der Waals surface area contributed by atoms with Crippen LogP contribution in [0, 0.1) is 10.1 Å². The number of nitro groups is 1. The van der Waals surface area contributed by atoms with Gasteiger partial charge in [0.25, 0.3) is 11.6 Å². The number of nitrogens with zero attached hydrogens (tertiary/aromatic N) is 4. The summed E-state index contributed by atoms with van der Waals surface area (Å²) in [5, 5.41) is 20.3. The molecular formula is C19H18N6O4. The number of hydrogen-bond donors (Lipinski definition) is 2. The molecule has 3 rings (SSSR count). The van der Waals surface area contributed by atoms with E-state index in [0.29, 0.717) is 5.82 Å². The fourth-order valence-electron chi connectivity index (χ4n) is 2.61. The summed E-state index contributed by atoms with van der Waals surface area (Å²) in [6.45, 7) is 1.72. The number of rotatable bonds is 7. The number of pyridine rings is 1. The molecule has 1 unspecified atom stereocenters. The Morgan fingerprint density at radius 2 is 2.03 bits per heavy atom. The van der Waals surface area contributed by atoms with Crippen molar-refractivity contribution in [1.82, 2.24) is 25.4 Å². The maximum absolute atomic E-state index is 12.4. The molecule has 2 N–H and O–H groups in total. The van der Waals surface area contributed by atoms with Crippen LogP contribution in [0.5, 0.6) is 0 Å². The zero-order valence-electron chi connectivity index (χ0n) is 15.5. The minimum atomic E-state index is -0.841. The summed E-state index contributed by atoms with van der Waals surface area (Å²) >= 11 is 0. The number of aromatic nitrogens is 3. The smallest absolute Gasteiger partial charge is 0.270 e. The molecule has 0 fully saturated rings. The number of nitrogens with one attached hydrogen (secondary N) is 2. The second kappa shape index (κ2) is 8.74. The van der Waals surface area contributed by atoms with Crippen molar-refractivity contribution in [3.63, 3.8) is 0 Å². The Hall–Kier alpha value is -4.08. The fourth-order valence-corrected chi connectivity index (χ4v) is 2.61. The van der Waals surface area contributed by atoms with Crippen molar-refractivity contribution in [2.75, 3.05) is 0 Å². The monoisotopic (exact) mass is 394 g/mol. The van der Waals surface area contributed by atoms with Gasteiger partial charge in [0.15, 0.2) is 5.82 Å². The molecule has 2 amide bonds. The molecule has 0 bridgehead atoms. The summed E-state index contributed by atoms with van der Waals surface area (Å²) in [7, 11) is 0. The van der Waals surface area contributed by atoms with Crippen LogP contribution in [0.25, 0.3) is 5.82 Å². The Balaban J connectivity index is 1.61. The minimum Gasteiger partial charge on any atom is -0.350 e. The first kappa shape index (κ1) is 19.7. The Morgan fingerprint density at radius 1 is 1.21 bits per heavy atom. The largest absolute Gasteiger partial charge is 0.350 e. The first-order chi connectivity index (χ1) is 14.0. The SMILES string of the molecule is CC(NC(=O)c1cccc([N+](=O)[O-])c1)C(=O)NCc1cccnc1-n1cccn1. The molecule has 2 aromatic heterocycles. The van der Waals surface area contributed by atoms with E-state index >= 15 is 0 Å². The topological polar surface area (TPSA) is 132 Å². The van der Waals surface area contributed by atoms with Gasteiger partial charge in [0.05, 0.1) is 4.92 Å². The summed E-state index contributed by atoms with van der Waals surface area (Å²) in [6, 6.07) is 9.80. The summed E-state index contributed by atoms with van der Waals surface area (Å²) in [5.41, 5.74) is 0.659. The highest BCUT2D eigenvalue weighted by Crippen LogP contribution is 2.13. The molecule has 0 aliphatic heterocycles. The number of carbonyl (C=O) groups excluding carboxylic acids is 2. The van der Waals surface area contributed by atoms with E-state index in [1.165, 1.54) is 25.1 Å². The quantitative estimate of drug-likeness (QED) is 0.462. The van der Waals surface area contributed by atoms with E-state index in [1.54, 1.807) is 35.4 Å². The molecule has 10 nitrogen and oxygen atoms in total. The third kappa shape index (κ3) is 4.80. The van der Waals surface area contributed by atoms with Crippen molar-refractivity contribution in [2.45, 2.75) is 19.5 Å². The molecule has 10 heteroatoms. The van der Waals surface area contributed by atoms with Gasteiger partial charge < -0.3 is 10.6 Å². The number of benzene rings is 1. The van der Waals surface area contributed by atoms with Gasteiger partial charge in [-0.3, -0.25) is 19.7 Å². The van der Waals surface area contributed by atoms with E-state index in [1.807, 2.05) is 6.07 Å². The van der Waals surface area contributed by atoms with Gasteiger partial charge in [-0.1, -0.05) is 12.1 Å². The van der Waals surface area contributed by atoms with Gasteiger partial charge in [0.1, 0.15) is 6.04 Å². The Labute approximate surface area is 165 Å². The summed E-state index contributed by atoms with van der Waals surface area (Å²) in [4.78, 5) is 39.2. The van der Waals surface area contributed by atoms with Crippen molar-refractivity contribution >= 4 is 17.5 Å². The highest BCUT2D eigenvalue weighted by Gasteiger charge is 2.18. The fraction of sp³-hybridized carbons (Fsp3) is 0.158. The maximum Gasteiger partial charge on any atom is 0.270 e. The lowest BCUT2D eigenvalue weighted by Gasteiger charge is -2.15. The standard InChI is InChI=1S/C19H18N6O4/c1-13(23-19(27)14-5-2-7-16(11-14)25(28)29)18(26)21-12-15-6-3-8-20-17(15)24-10-4-9-22-24/h2-11,13H,12H2,1H3,(H,21,26)(H,23,27). The molecule has 0 saturated carbocycles. The highest BCUT2D eigenvalue weighted by atomic mass is 16.6. The average molecular weight is 394 g/mol. The summed E-state index contributed by atoms with van der Waals surface area (Å²) < 4.78 is 1.59. The molecule has 0 aliphatic carbocycles. The van der Waals surface area contributed by atoms with E-state index < -0.39 is 22.8 Å². The maximum atomic E-state index is 12.4. The second-order valence-corrected chi connectivity index (χ2v) is 6.16. The second-order valence-electron chi connectivity index (χ2n) is 6.16. The van der Waals surface area contributed by atoms with Gasteiger partial charge in [-0.15, -0.1) is 0 Å². The van der Waals surface area contributed by atoms with Crippen molar-refractivity contribution in [2.24, 2.45) is 0 Å². The lowest BCUT2D eigenvalue weighted by Crippen LogP contribution is -2.44. The van der Waals surface area contributed by atoms with Gasteiger partial charge >= 0.3 is 0 Å². The molecule has 1 atom stereocenters. The summed E-state index contributed by atoms with van der Waals surface area (Å²) in [5.74, 6) is -0.389. The number of nitro benzene ring substituents is 1.